The lowest BCUT2D eigenvalue weighted by atomic mass is 10.2. The number of halogens is 1. The van der Waals surface area contributed by atoms with Gasteiger partial charge in [-0.1, -0.05) is 17.7 Å². The minimum absolute atomic E-state index is 0.615. The molecule has 0 aliphatic heterocycles. The molecule has 2 aromatic rings. The van der Waals surface area contributed by atoms with Crippen molar-refractivity contribution in [1.29, 1.82) is 0 Å². The highest BCUT2D eigenvalue weighted by Crippen LogP contribution is 2.22. The van der Waals surface area contributed by atoms with Gasteiger partial charge in [0.2, 0.25) is 0 Å². The van der Waals surface area contributed by atoms with Crippen molar-refractivity contribution in [2.75, 3.05) is 24.7 Å². The van der Waals surface area contributed by atoms with Gasteiger partial charge in [-0.2, -0.15) is 0 Å². The molecular weight excluding hydrogens is 360 g/mol. The van der Waals surface area contributed by atoms with Gasteiger partial charge < -0.3 is 15.4 Å². The highest BCUT2D eigenvalue weighted by Gasteiger charge is 2.01. The Hall–Kier alpha value is -1.43. The van der Waals surface area contributed by atoms with Gasteiger partial charge in [-0.25, -0.2) is 0 Å². The van der Waals surface area contributed by atoms with Crippen LogP contribution in [0.25, 0.3) is 0 Å². The van der Waals surface area contributed by atoms with Crippen LogP contribution in [0.1, 0.15) is 12.0 Å². The van der Waals surface area contributed by atoms with Crippen molar-refractivity contribution < 1.29 is 4.74 Å². The van der Waals surface area contributed by atoms with E-state index in [0.717, 1.165) is 40.7 Å². The van der Waals surface area contributed by atoms with E-state index in [1.807, 2.05) is 49.0 Å². The summed E-state index contributed by atoms with van der Waals surface area (Å²) < 4.78 is 5.15. The van der Waals surface area contributed by atoms with Crippen LogP contribution in [0.3, 0.4) is 0 Å². The largest absolute Gasteiger partial charge is 0.497 e. The number of thioether (sulfide) groups is 1. The Bertz CT molecular complexity index is 677. The lowest BCUT2D eigenvalue weighted by molar-refractivity contribution is 0.414. The first-order chi connectivity index (χ1) is 11.6. The molecule has 6 heteroatoms. The average molecular weight is 381 g/mol. The molecule has 2 N–H and O–H groups in total. The summed E-state index contributed by atoms with van der Waals surface area (Å²) in [6.07, 6.45) is 1.02. The van der Waals surface area contributed by atoms with Gasteiger partial charge in [0.1, 0.15) is 5.75 Å². The van der Waals surface area contributed by atoms with Crippen molar-refractivity contribution in [3.05, 3.63) is 53.1 Å². The Balaban J connectivity index is 1.64. The van der Waals surface area contributed by atoms with E-state index in [9.17, 15) is 0 Å². The van der Waals surface area contributed by atoms with Gasteiger partial charge in [0.25, 0.3) is 0 Å². The molecule has 2 rings (SSSR count). The van der Waals surface area contributed by atoms with Crippen LogP contribution in [0, 0.1) is 6.92 Å². The first kappa shape index (κ1) is 18.9. The van der Waals surface area contributed by atoms with Gasteiger partial charge >= 0.3 is 0 Å². The van der Waals surface area contributed by atoms with E-state index in [0.29, 0.717) is 5.11 Å². The third-order valence-corrected chi connectivity index (χ3v) is 5.12. The number of ether oxygens (including phenoxy) is 1. The molecule has 0 atom stereocenters. The zero-order valence-corrected chi connectivity index (χ0v) is 16.2. The molecule has 0 spiro atoms. The number of benzene rings is 2. The van der Waals surface area contributed by atoms with Crippen molar-refractivity contribution in [3.63, 3.8) is 0 Å². The molecule has 0 aliphatic carbocycles. The molecule has 2 aromatic carbocycles. The monoisotopic (exact) mass is 380 g/mol. The molecule has 0 unspecified atom stereocenters. The maximum Gasteiger partial charge on any atom is 0.170 e. The number of aryl methyl sites for hydroxylation is 1. The fourth-order valence-corrected chi connectivity index (χ4v) is 3.24. The normalized spacial score (nSPS) is 10.3. The third-order valence-electron chi connectivity index (χ3n) is 3.36. The molecule has 0 radical (unpaired) electrons. The van der Waals surface area contributed by atoms with Gasteiger partial charge in [0.15, 0.2) is 5.11 Å². The maximum atomic E-state index is 6.11. The van der Waals surface area contributed by atoms with Crippen molar-refractivity contribution in [2.45, 2.75) is 18.2 Å². The van der Waals surface area contributed by atoms with Crippen molar-refractivity contribution in [1.82, 2.24) is 5.32 Å². The molecule has 0 aliphatic rings. The minimum atomic E-state index is 0.615. The van der Waals surface area contributed by atoms with Gasteiger partial charge in [-0.15, -0.1) is 11.8 Å². The summed E-state index contributed by atoms with van der Waals surface area (Å²) in [7, 11) is 1.68. The number of rotatable bonds is 7. The summed E-state index contributed by atoms with van der Waals surface area (Å²) in [6.45, 7) is 2.80. The summed E-state index contributed by atoms with van der Waals surface area (Å²) in [5.41, 5.74) is 1.95. The van der Waals surface area contributed by atoms with E-state index in [4.69, 9.17) is 28.6 Å². The molecule has 0 fully saturated rings. The van der Waals surface area contributed by atoms with Crippen LogP contribution < -0.4 is 15.4 Å². The summed E-state index contributed by atoms with van der Waals surface area (Å²) in [6, 6.07) is 13.9. The highest BCUT2D eigenvalue weighted by atomic mass is 35.5. The predicted molar refractivity (Wildman–Crippen MR) is 109 cm³/mol. The van der Waals surface area contributed by atoms with Crippen molar-refractivity contribution >= 4 is 46.4 Å². The second-order valence-corrected chi connectivity index (χ2v) is 7.21. The number of methoxy groups -OCH3 is 1. The molecule has 3 nitrogen and oxygen atoms in total. The molecule has 128 valence electrons. The van der Waals surface area contributed by atoms with Crippen LogP contribution in [0.2, 0.25) is 5.02 Å². The smallest absolute Gasteiger partial charge is 0.170 e. The fraction of sp³-hybridized carbons (Fsp3) is 0.278. The number of anilines is 1. The Kier molecular flexibility index (Phi) is 7.69. The van der Waals surface area contributed by atoms with Gasteiger partial charge in [0.05, 0.1) is 7.11 Å². The zero-order valence-electron chi connectivity index (χ0n) is 13.8. The quantitative estimate of drug-likeness (QED) is 0.395. The van der Waals surface area contributed by atoms with Crippen molar-refractivity contribution in [3.8, 4) is 5.75 Å². The second-order valence-electron chi connectivity index (χ2n) is 5.22. The topological polar surface area (TPSA) is 33.3 Å². The first-order valence-electron chi connectivity index (χ1n) is 7.66. The van der Waals surface area contributed by atoms with Crippen LogP contribution in [0.5, 0.6) is 5.75 Å². The summed E-state index contributed by atoms with van der Waals surface area (Å²) >= 11 is 13.2. The Morgan fingerprint density at radius 2 is 1.96 bits per heavy atom. The van der Waals surface area contributed by atoms with Crippen LogP contribution in [0.4, 0.5) is 5.69 Å². The highest BCUT2D eigenvalue weighted by molar-refractivity contribution is 7.99. The fourth-order valence-electron chi connectivity index (χ4n) is 1.98. The van der Waals surface area contributed by atoms with Crippen LogP contribution in [0.15, 0.2) is 47.4 Å². The van der Waals surface area contributed by atoms with Gasteiger partial charge in [-0.05, 0) is 73.3 Å². The van der Waals surface area contributed by atoms with Crippen molar-refractivity contribution in [2.24, 2.45) is 0 Å². The Morgan fingerprint density at radius 1 is 1.21 bits per heavy atom. The van der Waals surface area contributed by atoms with Crippen LogP contribution >= 0.6 is 35.6 Å². The number of thiocarbonyl (C=S) groups is 1. The van der Waals surface area contributed by atoms with Crippen LogP contribution in [-0.2, 0) is 0 Å². The maximum absolute atomic E-state index is 6.11. The van der Waals surface area contributed by atoms with Gasteiger partial charge in [0, 0.05) is 22.2 Å². The van der Waals surface area contributed by atoms with E-state index in [2.05, 4.69) is 22.8 Å². The molecule has 0 amide bonds. The second kappa shape index (κ2) is 9.77. The summed E-state index contributed by atoms with van der Waals surface area (Å²) in [5, 5.41) is 7.71. The SMILES string of the molecule is COc1ccc(SCCCNC(=S)Nc2ccc(C)c(Cl)c2)cc1. The summed E-state index contributed by atoms with van der Waals surface area (Å²) in [5.74, 6) is 1.91. The number of hydrogen-bond acceptors (Lipinski definition) is 3. The van der Waals surface area contributed by atoms with Gasteiger partial charge in [-0.3, -0.25) is 0 Å². The van der Waals surface area contributed by atoms with E-state index in [1.54, 1.807) is 7.11 Å². The average Bonchev–Trinajstić information content (AvgIpc) is 2.58. The Morgan fingerprint density at radius 3 is 2.62 bits per heavy atom. The number of hydrogen-bond donors (Lipinski definition) is 2. The van der Waals surface area contributed by atoms with E-state index >= 15 is 0 Å². The standard InChI is InChI=1S/C18H21ClN2OS2/c1-13-4-5-14(12-17(13)19)21-18(23)20-10-3-11-24-16-8-6-15(22-2)7-9-16/h4-9,12H,3,10-11H2,1-2H3,(H2,20,21,23). The van der Waals surface area contributed by atoms with Crippen LogP contribution in [-0.4, -0.2) is 24.5 Å². The lowest BCUT2D eigenvalue weighted by Gasteiger charge is -2.11. The first-order valence-corrected chi connectivity index (χ1v) is 9.43. The zero-order chi connectivity index (χ0) is 17.4. The number of nitrogens with one attached hydrogen (secondary N) is 2. The Labute approximate surface area is 158 Å². The molecular formula is C18H21ClN2OS2. The molecule has 0 bridgehead atoms. The predicted octanol–water partition coefficient (Wildman–Crippen LogP) is 5.13. The molecule has 0 heterocycles. The third kappa shape index (κ3) is 6.23. The van der Waals surface area contributed by atoms with E-state index in [-0.39, 0.29) is 0 Å². The minimum Gasteiger partial charge on any atom is -0.497 e. The summed E-state index contributed by atoms with van der Waals surface area (Å²) in [4.78, 5) is 1.24. The molecule has 0 saturated heterocycles. The lowest BCUT2D eigenvalue weighted by Crippen LogP contribution is -2.29. The molecule has 0 aromatic heterocycles. The van der Waals surface area contributed by atoms with E-state index < -0.39 is 0 Å². The molecule has 0 saturated carbocycles. The van der Waals surface area contributed by atoms with E-state index in [1.165, 1.54) is 4.90 Å². The molecule has 24 heavy (non-hydrogen) atoms.